The van der Waals surface area contributed by atoms with E-state index >= 15 is 0 Å². The van der Waals surface area contributed by atoms with Crippen molar-refractivity contribution in [1.29, 1.82) is 0 Å². The lowest BCUT2D eigenvalue weighted by molar-refractivity contribution is -0.118. The summed E-state index contributed by atoms with van der Waals surface area (Å²) in [5.74, 6) is 0.666. The average Bonchev–Trinajstić information content (AvgIpc) is 2.67. The predicted molar refractivity (Wildman–Crippen MR) is 115 cm³/mol. The zero-order chi connectivity index (χ0) is 20.5. The molecule has 0 bridgehead atoms. The second-order valence-corrected chi connectivity index (χ2v) is 7.14. The van der Waals surface area contributed by atoms with E-state index in [0.29, 0.717) is 35.7 Å². The molecule has 0 radical (unpaired) electrons. The van der Waals surface area contributed by atoms with Crippen molar-refractivity contribution in [3.63, 3.8) is 0 Å². The molecule has 28 heavy (non-hydrogen) atoms. The molecule has 1 unspecified atom stereocenters. The number of hydrogen-bond donors (Lipinski definition) is 2. The Morgan fingerprint density at radius 2 is 1.86 bits per heavy atom. The van der Waals surface area contributed by atoms with Crippen LogP contribution in [0.15, 0.2) is 36.4 Å². The highest BCUT2D eigenvalue weighted by Crippen LogP contribution is 2.36. The minimum absolute atomic E-state index is 0.155. The fourth-order valence-corrected chi connectivity index (χ4v) is 2.82. The molecule has 1 amide bonds. The third-order valence-corrected chi connectivity index (χ3v) is 4.60. The van der Waals surface area contributed by atoms with Crippen LogP contribution in [0.5, 0.6) is 11.5 Å². The maximum Gasteiger partial charge on any atom is 0.262 e. The number of benzene rings is 2. The van der Waals surface area contributed by atoms with Gasteiger partial charge in [-0.3, -0.25) is 4.79 Å². The Hall–Kier alpha value is -2.24. The van der Waals surface area contributed by atoms with Crippen molar-refractivity contribution in [3.05, 3.63) is 52.5 Å². The summed E-state index contributed by atoms with van der Waals surface area (Å²) in [6, 6.07) is 11.7. The van der Waals surface area contributed by atoms with Gasteiger partial charge in [-0.25, -0.2) is 0 Å². The molecule has 0 saturated heterocycles. The van der Waals surface area contributed by atoms with Crippen molar-refractivity contribution < 1.29 is 14.3 Å². The summed E-state index contributed by atoms with van der Waals surface area (Å²) in [7, 11) is 0. The zero-order valence-corrected chi connectivity index (χ0v) is 17.7. The smallest absolute Gasteiger partial charge is 0.262 e. The third-order valence-electron chi connectivity index (χ3n) is 4.32. The lowest BCUT2D eigenvalue weighted by Gasteiger charge is -2.17. The van der Waals surface area contributed by atoms with Gasteiger partial charge in [0.2, 0.25) is 0 Å². The number of hydrogen-bond acceptors (Lipinski definition) is 4. The summed E-state index contributed by atoms with van der Waals surface area (Å²) in [5.41, 5.74) is 2.86. The highest BCUT2D eigenvalue weighted by Gasteiger charge is 2.15. The number of carbonyl (C=O) groups excluding carboxylic acids is 1. The Morgan fingerprint density at radius 1 is 1.14 bits per heavy atom. The van der Waals surface area contributed by atoms with Crippen LogP contribution in [0.25, 0.3) is 0 Å². The Labute approximate surface area is 172 Å². The van der Waals surface area contributed by atoms with Crippen molar-refractivity contribution in [2.75, 3.05) is 18.5 Å². The van der Waals surface area contributed by atoms with Crippen LogP contribution < -0.4 is 20.1 Å². The first-order chi connectivity index (χ1) is 13.4. The van der Waals surface area contributed by atoms with E-state index in [2.05, 4.69) is 24.5 Å². The summed E-state index contributed by atoms with van der Waals surface area (Å²) in [6.07, 6.45) is 1.04. The molecule has 0 spiro atoms. The molecule has 2 aromatic carbocycles. The maximum atomic E-state index is 12.2. The molecule has 6 heteroatoms. The van der Waals surface area contributed by atoms with Crippen LogP contribution in [-0.4, -0.2) is 25.2 Å². The first-order valence-corrected chi connectivity index (χ1v) is 9.98. The van der Waals surface area contributed by atoms with E-state index in [4.69, 9.17) is 21.1 Å². The second-order valence-electron chi connectivity index (χ2n) is 6.73. The number of carbonyl (C=O) groups is 1. The van der Waals surface area contributed by atoms with Crippen LogP contribution in [0, 0.1) is 6.92 Å². The molecule has 0 aromatic heterocycles. The largest absolute Gasteiger partial charge is 0.490 e. The van der Waals surface area contributed by atoms with Gasteiger partial charge in [-0.2, -0.15) is 0 Å². The zero-order valence-electron chi connectivity index (χ0n) is 17.0. The lowest BCUT2D eigenvalue weighted by Crippen LogP contribution is -2.24. The number of halogens is 1. The summed E-state index contributed by atoms with van der Waals surface area (Å²) in [4.78, 5) is 12.2. The summed E-state index contributed by atoms with van der Waals surface area (Å²) < 4.78 is 11.4. The van der Waals surface area contributed by atoms with Crippen LogP contribution in [0.2, 0.25) is 5.02 Å². The standard InChI is InChI=1S/C22H29ClN2O3/c1-5-16(4)24-13-17-11-19(23)22(20(12-17)27-6-2)28-14-21(26)25-18-9-7-15(3)8-10-18/h7-12,16,24H,5-6,13-14H2,1-4H3,(H,25,26). The molecular weight excluding hydrogens is 376 g/mol. The van der Waals surface area contributed by atoms with Gasteiger partial charge in [0.25, 0.3) is 5.91 Å². The van der Waals surface area contributed by atoms with Crippen molar-refractivity contribution in [1.82, 2.24) is 5.32 Å². The third kappa shape index (κ3) is 6.73. The lowest BCUT2D eigenvalue weighted by atomic mass is 10.1. The van der Waals surface area contributed by atoms with Crippen molar-refractivity contribution >= 4 is 23.2 Å². The van der Waals surface area contributed by atoms with E-state index in [1.54, 1.807) is 0 Å². The van der Waals surface area contributed by atoms with E-state index in [1.165, 1.54) is 0 Å². The number of rotatable bonds is 10. The molecule has 0 aliphatic rings. The predicted octanol–water partition coefficient (Wildman–Crippen LogP) is 4.95. The van der Waals surface area contributed by atoms with E-state index in [1.807, 2.05) is 50.2 Å². The quantitative estimate of drug-likeness (QED) is 0.588. The molecule has 152 valence electrons. The molecular formula is C22H29ClN2O3. The highest BCUT2D eigenvalue weighted by atomic mass is 35.5. The van der Waals surface area contributed by atoms with E-state index in [0.717, 1.165) is 23.2 Å². The van der Waals surface area contributed by atoms with Crippen LogP contribution in [0.3, 0.4) is 0 Å². The van der Waals surface area contributed by atoms with Crippen molar-refractivity contribution in [2.45, 2.75) is 46.7 Å². The van der Waals surface area contributed by atoms with Gasteiger partial charge in [0.05, 0.1) is 11.6 Å². The van der Waals surface area contributed by atoms with Gasteiger partial charge in [0.1, 0.15) is 0 Å². The minimum Gasteiger partial charge on any atom is -0.490 e. The fraction of sp³-hybridized carbons (Fsp3) is 0.409. The van der Waals surface area contributed by atoms with E-state index < -0.39 is 0 Å². The summed E-state index contributed by atoms with van der Waals surface area (Å²) in [5, 5.41) is 6.66. The fourth-order valence-electron chi connectivity index (χ4n) is 2.53. The number of nitrogens with one attached hydrogen (secondary N) is 2. The van der Waals surface area contributed by atoms with Gasteiger partial charge < -0.3 is 20.1 Å². The topological polar surface area (TPSA) is 59.6 Å². The maximum absolute atomic E-state index is 12.2. The molecule has 1 atom stereocenters. The van der Waals surface area contributed by atoms with Gasteiger partial charge in [-0.05, 0) is 57.0 Å². The molecule has 0 fully saturated rings. The molecule has 2 aromatic rings. The van der Waals surface area contributed by atoms with Crippen LogP contribution in [-0.2, 0) is 11.3 Å². The summed E-state index contributed by atoms with van der Waals surface area (Å²) >= 11 is 6.42. The minimum atomic E-state index is -0.259. The van der Waals surface area contributed by atoms with Crippen molar-refractivity contribution in [2.24, 2.45) is 0 Å². The van der Waals surface area contributed by atoms with Crippen LogP contribution in [0.1, 0.15) is 38.3 Å². The first kappa shape index (κ1) is 22.1. The van der Waals surface area contributed by atoms with Gasteiger partial charge in [-0.1, -0.05) is 36.2 Å². The number of amides is 1. The van der Waals surface area contributed by atoms with Gasteiger partial charge >= 0.3 is 0 Å². The molecule has 0 aliphatic carbocycles. The van der Waals surface area contributed by atoms with E-state index in [9.17, 15) is 4.79 Å². The number of ether oxygens (including phenoxy) is 2. The molecule has 0 aliphatic heterocycles. The molecule has 0 heterocycles. The molecule has 2 rings (SSSR count). The SMILES string of the molecule is CCOc1cc(CNC(C)CC)cc(Cl)c1OCC(=O)Nc1ccc(C)cc1. The molecule has 2 N–H and O–H groups in total. The Morgan fingerprint density at radius 3 is 2.50 bits per heavy atom. The average molecular weight is 405 g/mol. The van der Waals surface area contributed by atoms with E-state index in [-0.39, 0.29) is 12.5 Å². The van der Waals surface area contributed by atoms with Gasteiger partial charge in [0.15, 0.2) is 18.1 Å². The van der Waals surface area contributed by atoms with Crippen LogP contribution >= 0.6 is 11.6 Å². The Kier molecular flexibility index (Phi) is 8.61. The normalized spacial score (nSPS) is 11.8. The molecule has 0 saturated carbocycles. The molecule has 5 nitrogen and oxygen atoms in total. The first-order valence-electron chi connectivity index (χ1n) is 9.60. The van der Waals surface area contributed by atoms with Gasteiger partial charge in [-0.15, -0.1) is 0 Å². The van der Waals surface area contributed by atoms with Gasteiger partial charge in [0, 0.05) is 18.3 Å². The Bertz CT molecular complexity index is 778. The van der Waals surface area contributed by atoms with Crippen LogP contribution in [0.4, 0.5) is 5.69 Å². The Balaban J connectivity index is 2.04. The highest BCUT2D eigenvalue weighted by molar-refractivity contribution is 6.32. The number of anilines is 1. The monoisotopic (exact) mass is 404 g/mol. The number of aryl methyl sites for hydroxylation is 1. The summed E-state index contributed by atoms with van der Waals surface area (Å²) in [6.45, 7) is 9.16. The second kappa shape index (κ2) is 10.9. The van der Waals surface area contributed by atoms with Crippen molar-refractivity contribution in [3.8, 4) is 11.5 Å².